The molecule has 0 radical (unpaired) electrons. The second kappa shape index (κ2) is 10.4. The summed E-state index contributed by atoms with van der Waals surface area (Å²) < 4.78 is 58.0. The zero-order chi connectivity index (χ0) is 30.1. The van der Waals surface area contributed by atoms with Crippen molar-refractivity contribution in [2.75, 3.05) is 57.4 Å². The lowest BCUT2D eigenvalue weighted by atomic mass is 9.93. The molecule has 2 bridgehead atoms. The van der Waals surface area contributed by atoms with Crippen molar-refractivity contribution in [3.8, 4) is 23.0 Å². The van der Waals surface area contributed by atoms with Crippen molar-refractivity contribution >= 4 is 27.5 Å². The number of aromatic nitrogens is 3. The van der Waals surface area contributed by atoms with Gasteiger partial charge in [-0.05, 0) is 48.6 Å². The first kappa shape index (κ1) is 27.8. The van der Waals surface area contributed by atoms with Crippen LogP contribution in [-0.4, -0.2) is 83.4 Å². The maximum atomic E-state index is 16.6. The SMILES string of the molecule is Oc1cc(-c2ncc3c(N4CC5CCC(C4)C5(F)F)nc(OCC4(CN5CCOCC5)CC4)nc3c2F)c2ccccc2c1. The van der Waals surface area contributed by atoms with Gasteiger partial charge in [0.15, 0.2) is 5.82 Å². The van der Waals surface area contributed by atoms with E-state index in [-0.39, 0.29) is 41.5 Å². The van der Waals surface area contributed by atoms with Gasteiger partial charge in [0.25, 0.3) is 5.92 Å². The largest absolute Gasteiger partial charge is 0.508 e. The highest BCUT2D eigenvalue weighted by Gasteiger charge is 2.56. The van der Waals surface area contributed by atoms with E-state index in [4.69, 9.17) is 14.5 Å². The van der Waals surface area contributed by atoms with E-state index in [1.807, 2.05) is 29.2 Å². The lowest BCUT2D eigenvalue weighted by molar-refractivity contribution is -0.0830. The van der Waals surface area contributed by atoms with E-state index in [0.29, 0.717) is 36.2 Å². The first-order valence-electron chi connectivity index (χ1n) is 15.4. The first-order valence-corrected chi connectivity index (χ1v) is 15.4. The van der Waals surface area contributed by atoms with Crippen LogP contribution in [0.2, 0.25) is 0 Å². The van der Waals surface area contributed by atoms with Crippen molar-refractivity contribution in [3.05, 3.63) is 48.4 Å². The van der Waals surface area contributed by atoms with Crippen molar-refractivity contribution in [2.24, 2.45) is 17.3 Å². The summed E-state index contributed by atoms with van der Waals surface area (Å²) in [6.07, 6.45) is 4.45. The number of fused-ring (bicyclic) bond motifs is 4. The molecule has 4 aromatic rings. The van der Waals surface area contributed by atoms with Gasteiger partial charge >= 0.3 is 6.01 Å². The maximum absolute atomic E-state index is 16.6. The van der Waals surface area contributed by atoms with Crippen LogP contribution in [0.1, 0.15) is 25.7 Å². The van der Waals surface area contributed by atoms with Crippen molar-refractivity contribution in [2.45, 2.75) is 31.6 Å². The Bertz CT molecular complexity index is 1730. The molecule has 2 atom stereocenters. The highest BCUT2D eigenvalue weighted by atomic mass is 19.3. The molecule has 2 aliphatic carbocycles. The standard InChI is InChI=1S/C33H34F3N5O3/c34-27-28(25-14-23(42)13-20-3-1-2-4-24(20)25)37-15-26-29(27)38-31(44-19-32(7-8-32)18-40-9-11-43-12-10-40)39-30(26)41-16-21-5-6-22(17-41)33(21,35)36/h1-4,13-15,21-22,42H,5-12,16-19H2. The van der Waals surface area contributed by atoms with Crippen LogP contribution in [0.5, 0.6) is 11.8 Å². The third kappa shape index (κ3) is 4.81. The minimum Gasteiger partial charge on any atom is -0.508 e. The summed E-state index contributed by atoms with van der Waals surface area (Å²) in [6.45, 7) is 4.71. The molecular formula is C33H34F3N5O3. The molecule has 44 heavy (non-hydrogen) atoms. The van der Waals surface area contributed by atoms with Crippen molar-refractivity contribution in [1.82, 2.24) is 19.9 Å². The molecule has 11 heteroatoms. The Hall–Kier alpha value is -3.70. The number of rotatable bonds is 7. The third-order valence-electron chi connectivity index (χ3n) is 10.0. The fraction of sp³-hybridized carbons (Fsp3) is 0.485. The van der Waals surface area contributed by atoms with E-state index in [2.05, 4.69) is 14.9 Å². The van der Waals surface area contributed by atoms with Crippen LogP contribution in [0, 0.1) is 23.1 Å². The van der Waals surface area contributed by atoms with Gasteiger partial charge in [0, 0.05) is 61.7 Å². The number of phenols is 1. The summed E-state index contributed by atoms with van der Waals surface area (Å²) in [5.74, 6) is -4.60. The third-order valence-corrected chi connectivity index (χ3v) is 10.0. The van der Waals surface area contributed by atoms with E-state index in [1.54, 1.807) is 6.07 Å². The Balaban J connectivity index is 1.19. The highest BCUT2D eigenvalue weighted by molar-refractivity contribution is 5.99. The smallest absolute Gasteiger partial charge is 0.319 e. The average Bonchev–Trinajstić information content (AvgIpc) is 3.78. The maximum Gasteiger partial charge on any atom is 0.319 e. The number of alkyl halides is 2. The van der Waals surface area contributed by atoms with E-state index in [0.717, 1.165) is 56.5 Å². The van der Waals surface area contributed by atoms with Crippen LogP contribution in [0.15, 0.2) is 42.6 Å². The molecule has 2 aliphatic heterocycles. The molecule has 4 aliphatic rings. The lowest BCUT2D eigenvalue weighted by Gasteiger charge is -2.38. The highest BCUT2D eigenvalue weighted by Crippen LogP contribution is 2.50. The summed E-state index contributed by atoms with van der Waals surface area (Å²) >= 11 is 0. The summed E-state index contributed by atoms with van der Waals surface area (Å²) in [4.78, 5) is 18.0. The second-order valence-electron chi connectivity index (χ2n) is 13.0. The predicted molar refractivity (Wildman–Crippen MR) is 160 cm³/mol. The van der Waals surface area contributed by atoms with Gasteiger partial charge in [0.2, 0.25) is 0 Å². The number of benzene rings is 2. The van der Waals surface area contributed by atoms with Gasteiger partial charge in [-0.3, -0.25) is 9.88 Å². The van der Waals surface area contributed by atoms with Gasteiger partial charge < -0.3 is 19.5 Å². The molecule has 230 valence electrons. The molecule has 0 spiro atoms. The van der Waals surface area contributed by atoms with Gasteiger partial charge in [0.05, 0.1) is 25.2 Å². The van der Waals surface area contributed by atoms with E-state index >= 15 is 4.39 Å². The number of piperidine rings is 1. The van der Waals surface area contributed by atoms with Gasteiger partial charge in [-0.2, -0.15) is 9.97 Å². The summed E-state index contributed by atoms with van der Waals surface area (Å²) in [5.41, 5.74) is 0.465. The number of hydrogen-bond donors (Lipinski definition) is 1. The summed E-state index contributed by atoms with van der Waals surface area (Å²) in [5, 5.41) is 12.3. The van der Waals surface area contributed by atoms with Crippen LogP contribution < -0.4 is 9.64 Å². The van der Waals surface area contributed by atoms with Crippen LogP contribution in [0.4, 0.5) is 19.0 Å². The van der Waals surface area contributed by atoms with Gasteiger partial charge in [-0.15, -0.1) is 0 Å². The van der Waals surface area contributed by atoms with Crippen LogP contribution in [-0.2, 0) is 4.74 Å². The molecule has 8 rings (SSSR count). The number of halogens is 3. The van der Waals surface area contributed by atoms with E-state index < -0.39 is 23.6 Å². The fourth-order valence-corrected chi connectivity index (χ4v) is 7.31. The average molecular weight is 606 g/mol. The lowest BCUT2D eigenvalue weighted by Crippen LogP contribution is -2.49. The number of morpholine rings is 1. The monoisotopic (exact) mass is 605 g/mol. The molecule has 2 saturated carbocycles. The first-order chi connectivity index (χ1) is 21.3. The number of aromatic hydroxyl groups is 1. The van der Waals surface area contributed by atoms with E-state index in [1.165, 1.54) is 12.3 Å². The predicted octanol–water partition coefficient (Wildman–Crippen LogP) is 5.66. The number of anilines is 1. The molecule has 8 nitrogen and oxygen atoms in total. The van der Waals surface area contributed by atoms with Gasteiger partial charge in [-0.1, -0.05) is 24.3 Å². The topological polar surface area (TPSA) is 83.8 Å². The normalized spacial score (nSPS) is 24.2. The Labute approximate surface area is 252 Å². The Morgan fingerprint density at radius 3 is 2.50 bits per heavy atom. The van der Waals surface area contributed by atoms with E-state index in [9.17, 15) is 13.9 Å². The fourth-order valence-electron chi connectivity index (χ4n) is 7.31. The molecule has 4 fully saturated rings. The molecule has 1 N–H and O–H groups in total. The number of hydrogen-bond acceptors (Lipinski definition) is 8. The minimum absolute atomic E-state index is 0.00730. The Morgan fingerprint density at radius 1 is 1.00 bits per heavy atom. The van der Waals surface area contributed by atoms with Crippen LogP contribution in [0.3, 0.4) is 0 Å². The molecule has 2 saturated heterocycles. The van der Waals surface area contributed by atoms with Gasteiger partial charge in [-0.25, -0.2) is 13.2 Å². The Kier molecular flexibility index (Phi) is 6.60. The molecule has 4 heterocycles. The number of pyridine rings is 1. The molecular weight excluding hydrogens is 571 g/mol. The summed E-state index contributed by atoms with van der Waals surface area (Å²) in [7, 11) is 0. The molecule has 2 unspecified atom stereocenters. The number of nitrogens with zero attached hydrogens (tertiary/aromatic N) is 5. The summed E-state index contributed by atoms with van der Waals surface area (Å²) in [6, 6.07) is 10.5. The number of ether oxygens (including phenoxy) is 2. The van der Waals surface area contributed by atoms with Crippen molar-refractivity contribution < 1.29 is 27.8 Å². The Morgan fingerprint density at radius 2 is 1.75 bits per heavy atom. The van der Waals surface area contributed by atoms with Crippen molar-refractivity contribution in [3.63, 3.8) is 0 Å². The minimum atomic E-state index is -2.72. The van der Waals surface area contributed by atoms with Gasteiger partial charge in [0.1, 0.15) is 22.8 Å². The zero-order valence-corrected chi connectivity index (χ0v) is 24.3. The van der Waals surface area contributed by atoms with Crippen LogP contribution in [0.25, 0.3) is 32.9 Å². The molecule has 0 amide bonds. The molecule has 2 aromatic carbocycles. The van der Waals surface area contributed by atoms with Crippen molar-refractivity contribution in [1.29, 1.82) is 0 Å². The zero-order valence-electron chi connectivity index (χ0n) is 24.3. The second-order valence-corrected chi connectivity index (χ2v) is 13.0. The molecule has 2 aromatic heterocycles. The quantitative estimate of drug-likeness (QED) is 0.289. The van der Waals surface area contributed by atoms with Crippen LogP contribution >= 0.6 is 0 Å². The number of phenolic OH excluding ortho intramolecular Hbond substituents is 1.